The molecule has 0 saturated heterocycles. The van der Waals surface area contributed by atoms with E-state index in [1.165, 1.54) is 10.4 Å². The molecular formula is C42H57NO4Si. The van der Waals surface area contributed by atoms with Gasteiger partial charge in [-0.1, -0.05) is 145 Å². The average molecular weight is 668 g/mol. The van der Waals surface area contributed by atoms with Crippen LogP contribution in [0.25, 0.3) is 0 Å². The number of hydrogen-bond donors (Lipinski definition) is 0. The molecule has 1 aliphatic heterocycles. The monoisotopic (exact) mass is 667 g/mol. The van der Waals surface area contributed by atoms with Gasteiger partial charge in [0.15, 0.2) is 0 Å². The number of unbranched alkanes of at least 4 members (excludes halogenated alkanes) is 1. The molecule has 0 aromatic heterocycles. The van der Waals surface area contributed by atoms with E-state index in [9.17, 15) is 9.59 Å². The Hall–Kier alpha value is -3.48. The van der Waals surface area contributed by atoms with Crippen molar-refractivity contribution >= 4 is 30.6 Å². The van der Waals surface area contributed by atoms with E-state index in [0.717, 1.165) is 37.7 Å². The minimum absolute atomic E-state index is 0.0162. The molecule has 0 unspecified atom stereocenters. The molecule has 1 amide bonds. The van der Waals surface area contributed by atoms with Gasteiger partial charge in [0.2, 0.25) is 5.91 Å². The molecule has 0 radical (unpaired) electrons. The van der Waals surface area contributed by atoms with Crippen LogP contribution in [0.4, 0.5) is 0 Å². The first-order chi connectivity index (χ1) is 22.9. The summed E-state index contributed by atoms with van der Waals surface area (Å²) < 4.78 is 13.5. The van der Waals surface area contributed by atoms with Gasteiger partial charge in [0.05, 0.1) is 0 Å². The summed E-state index contributed by atoms with van der Waals surface area (Å²) in [6.07, 6.45) is 8.61. The van der Waals surface area contributed by atoms with Gasteiger partial charge in [-0.25, -0.2) is 4.79 Å². The topological polar surface area (TPSA) is 55.8 Å². The minimum Gasteiger partial charge on any atom is -0.461 e. The third-order valence-corrected chi connectivity index (χ3v) is 14.9. The maximum atomic E-state index is 14.0. The summed E-state index contributed by atoms with van der Waals surface area (Å²) in [6.45, 7) is 13.9. The van der Waals surface area contributed by atoms with Crippen LogP contribution in [0.5, 0.6) is 0 Å². The molecule has 5 atom stereocenters. The highest BCUT2D eigenvalue weighted by Gasteiger charge is 2.50. The van der Waals surface area contributed by atoms with E-state index in [4.69, 9.17) is 9.16 Å². The number of ether oxygens (including phenoxy) is 1. The van der Waals surface area contributed by atoms with Crippen molar-refractivity contribution in [1.29, 1.82) is 0 Å². The number of amides is 1. The fourth-order valence-electron chi connectivity index (χ4n) is 7.26. The Labute approximate surface area is 290 Å². The summed E-state index contributed by atoms with van der Waals surface area (Å²) in [5.41, 5.74) is 1.01. The summed E-state index contributed by atoms with van der Waals surface area (Å²) in [4.78, 5) is 29.2. The first-order valence-corrected chi connectivity index (χ1v) is 19.8. The fourth-order valence-corrected chi connectivity index (χ4v) is 11.9. The van der Waals surface area contributed by atoms with Crippen LogP contribution in [0, 0.1) is 17.8 Å². The Balaban J connectivity index is 1.52. The van der Waals surface area contributed by atoms with Gasteiger partial charge in [0.25, 0.3) is 8.32 Å². The number of likely N-dealkylation sites (N-methyl/N-ethyl adjacent to an activating group) is 1. The number of esters is 1. The van der Waals surface area contributed by atoms with Gasteiger partial charge in [-0.2, -0.15) is 0 Å². The molecule has 0 N–H and O–H groups in total. The first-order valence-electron chi connectivity index (χ1n) is 17.9. The van der Waals surface area contributed by atoms with E-state index in [1.807, 2.05) is 37.3 Å². The average Bonchev–Trinajstić information content (AvgIpc) is 3.07. The second kappa shape index (κ2) is 17.3. The summed E-state index contributed by atoms with van der Waals surface area (Å²) in [5, 5.41) is 2.48. The molecule has 0 bridgehead atoms. The van der Waals surface area contributed by atoms with Crippen molar-refractivity contribution in [3.05, 3.63) is 109 Å². The third-order valence-electron chi connectivity index (χ3n) is 9.85. The van der Waals surface area contributed by atoms with Crippen LogP contribution in [0.15, 0.2) is 103 Å². The van der Waals surface area contributed by atoms with Gasteiger partial charge >= 0.3 is 5.97 Å². The standard InChI is InChI=1S/C42H57NO4Si/c1-32-26-27-33(2)30-36(47-41(45)39(31-35-19-11-8-12-20-35)43(7)40(44)34(3)29-32)21-17-18-28-46-48(42(4,5)6,37-22-13-9-14-23-37)38-24-15-10-16-25-38/h8-16,19-20,22-27,32-34,36,39H,17-18,21,28-31H2,1-7H3/b27-26-/t32-,33-,34-,36-,39+/m1/s1. The number of benzene rings is 3. The minimum atomic E-state index is -2.61. The van der Waals surface area contributed by atoms with E-state index in [2.05, 4.69) is 107 Å². The van der Waals surface area contributed by atoms with Crippen molar-refractivity contribution in [2.24, 2.45) is 17.8 Å². The van der Waals surface area contributed by atoms with Gasteiger partial charge < -0.3 is 14.1 Å². The van der Waals surface area contributed by atoms with E-state index in [1.54, 1.807) is 11.9 Å². The van der Waals surface area contributed by atoms with Crippen molar-refractivity contribution in [2.75, 3.05) is 13.7 Å². The van der Waals surface area contributed by atoms with Crippen LogP contribution in [0.1, 0.15) is 79.2 Å². The first kappa shape index (κ1) is 37.3. The molecule has 0 spiro atoms. The van der Waals surface area contributed by atoms with Crippen LogP contribution >= 0.6 is 0 Å². The molecule has 3 aromatic rings. The van der Waals surface area contributed by atoms with Crippen LogP contribution in [-0.4, -0.2) is 50.9 Å². The summed E-state index contributed by atoms with van der Waals surface area (Å²) in [5.74, 6) is -0.0167. The molecule has 3 aromatic carbocycles. The number of cyclic esters (lactones) is 1. The summed E-state index contributed by atoms with van der Waals surface area (Å²) >= 11 is 0. The maximum absolute atomic E-state index is 14.0. The Bertz CT molecular complexity index is 1410. The second-order valence-corrected chi connectivity index (χ2v) is 19.2. The predicted octanol–water partition coefficient (Wildman–Crippen LogP) is 7.97. The SMILES string of the molecule is C[C@@H]1/C=C\[C@@H](C)C[C@@H](C)C(=O)N(C)[C@@H](Cc2ccccc2)C(=O)O[C@H](CCCCO[Si](c2ccccc2)(c2ccccc2)C(C)(C)C)C1. The van der Waals surface area contributed by atoms with Crippen LogP contribution < -0.4 is 10.4 Å². The van der Waals surface area contributed by atoms with E-state index >= 15 is 0 Å². The van der Waals surface area contributed by atoms with Gasteiger partial charge in [-0.3, -0.25) is 4.79 Å². The van der Waals surface area contributed by atoms with Crippen molar-refractivity contribution in [2.45, 2.75) is 97.3 Å². The molecule has 258 valence electrons. The van der Waals surface area contributed by atoms with Crippen molar-refractivity contribution in [1.82, 2.24) is 4.90 Å². The van der Waals surface area contributed by atoms with E-state index in [-0.39, 0.29) is 40.8 Å². The Morgan fingerprint density at radius 2 is 1.29 bits per heavy atom. The maximum Gasteiger partial charge on any atom is 0.329 e. The largest absolute Gasteiger partial charge is 0.461 e. The third kappa shape index (κ3) is 9.57. The summed E-state index contributed by atoms with van der Waals surface area (Å²) in [7, 11) is -0.850. The predicted molar refractivity (Wildman–Crippen MR) is 200 cm³/mol. The molecular weight excluding hydrogens is 611 g/mol. The zero-order chi connectivity index (χ0) is 34.7. The zero-order valence-electron chi connectivity index (χ0n) is 30.2. The van der Waals surface area contributed by atoms with Gasteiger partial charge in [-0.05, 0) is 64.9 Å². The molecule has 1 aliphatic rings. The molecule has 5 nitrogen and oxygen atoms in total. The molecule has 0 fully saturated rings. The highest BCUT2D eigenvalue weighted by Crippen LogP contribution is 2.37. The smallest absolute Gasteiger partial charge is 0.329 e. The van der Waals surface area contributed by atoms with Crippen molar-refractivity contribution in [3.8, 4) is 0 Å². The number of rotatable bonds is 10. The van der Waals surface area contributed by atoms with Gasteiger partial charge in [0, 0.05) is 26.0 Å². The van der Waals surface area contributed by atoms with Crippen LogP contribution in [0.3, 0.4) is 0 Å². The molecule has 6 heteroatoms. The number of hydrogen-bond acceptors (Lipinski definition) is 4. The lowest BCUT2D eigenvalue weighted by Crippen LogP contribution is -2.66. The van der Waals surface area contributed by atoms with Gasteiger partial charge in [0.1, 0.15) is 12.1 Å². The second-order valence-electron chi connectivity index (χ2n) is 14.9. The molecule has 0 saturated carbocycles. The Morgan fingerprint density at radius 3 is 1.83 bits per heavy atom. The van der Waals surface area contributed by atoms with E-state index < -0.39 is 14.4 Å². The number of carbonyl (C=O) groups excluding carboxylic acids is 2. The molecule has 1 heterocycles. The zero-order valence-corrected chi connectivity index (χ0v) is 31.2. The molecule has 48 heavy (non-hydrogen) atoms. The van der Waals surface area contributed by atoms with Crippen molar-refractivity contribution in [3.63, 3.8) is 0 Å². The lowest BCUT2D eigenvalue weighted by molar-refractivity contribution is -0.160. The van der Waals surface area contributed by atoms with Crippen LogP contribution in [0.2, 0.25) is 5.04 Å². The van der Waals surface area contributed by atoms with Gasteiger partial charge in [-0.15, -0.1) is 0 Å². The normalized spacial score (nSPS) is 23.8. The lowest BCUT2D eigenvalue weighted by atomic mass is 9.93. The quantitative estimate of drug-likeness (QED) is 0.0953. The van der Waals surface area contributed by atoms with Crippen LogP contribution in [-0.2, 0) is 25.2 Å². The molecule has 0 aliphatic carbocycles. The molecule has 4 rings (SSSR count). The number of nitrogens with zero attached hydrogens (tertiary/aromatic N) is 1. The number of carbonyl (C=O) groups is 2. The lowest BCUT2D eigenvalue weighted by Gasteiger charge is -2.43. The fraction of sp³-hybridized carbons (Fsp3) is 0.476. The van der Waals surface area contributed by atoms with Crippen molar-refractivity contribution < 1.29 is 18.8 Å². The Morgan fingerprint density at radius 1 is 0.771 bits per heavy atom. The highest BCUT2D eigenvalue weighted by atomic mass is 28.4. The van der Waals surface area contributed by atoms with E-state index in [0.29, 0.717) is 13.0 Å². The Kier molecular flexibility index (Phi) is 13.4. The highest BCUT2D eigenvalue weighted by molar-refractivity contribution is 6.99. The number of allylic oxidation sites excluding steroid dienone is 2. The summed E-state index contributed by atoms with van der Waals surface area (Å²) in [6, 6.07) is 30.7.